The van der Waals surface area contributed by atoms with Crippen LogP contribution >= 0.6 is 27.3 Å². The van der Waals surface area contributed by atoms with Crippen molar-refractivity contribution < 1.29 is 14.2 Å². The maximum absolute atomic E-state index is 13.2. The van der Waals surface area contributed by atoms with E-state index in [0.717, 1.165) is 64.2 Å². The van der Waals surface area contributed by atoms with Gasteiger partial charge in [-0.05, 0) is 71.2 Å². The molecule has 0 radical (unpaired) electrons. The Morgan fingerprint density at radius 3 is 2.55 bits per heavy atom. The van der Waals surface area contributed by atoms with Gasteiger partial charge in [0.2, 0.25) is 0 Å². The van der Waals surface area contributed by atoms with Gasteiger partial charge in [0, 0.05) is 24.1 Å². The van der Waals surface area contributed by atoms with E-state index in [4.69, 9.17) is 14.8 Å². The Labute approximate surface area is 182 Å². The summed E-state index contributed by atoms with van der Waals surface area (Å²) in [5.41, 5.74) is 2.89. The minimum atomic E-state index is -0.268. The van der Waals surface area contributed by atoms with Gasteiger partial charge in [-0.1, -0.05) is 12.8 Å². The Hall–Kier alpha value is -1.96. The predicted octanol–water partition coefficient (Wildman–Crippen LogP) is 5.91. The van der Waals surface area contributed by atoms with Gasteiger partial charge >= 0.3 is 0 Å². The number of hydrogen-bond acceptors (Lipinski definition) is 4. The maximum Gasteiger partial charge on any atom is 0.190 e. The van der Waals surface area contributed by atoms with Crippen molar-refractivity contribution in [1.82, 2.24) is 4.57 Å². The number of nitrogens with zero attached hydrogens (tertiary/aromatic N) is 2. The molecule has 0 aliphatic rings. The maximum atomic E-state index is 13.2. The van der Waals surface area contributed by atoms with E-state index in [2.05, 4.69) is 25.9 Å². The summed E-state index contributed by atoms with van der Waals surface area (Å²) in [6.45, 7) is 1.07. The molecule has 3 aromatic rings. The smallest absolute Gasteiger partial charge is 0.190 e. The molecule has 0 saturated heterocycles. The van der Waals surface area contributed by atoms with Gasteiger partial charge in [-0.3, -0.25) is 0 Å². The number of rotatable bonds is 9. The van der Waals surface area contributed by atoms with Crippen molar-refractivity contribution >= 4 is 33.0 Å². The molecule has 0 amide bonds. The second-order valence-corrected chi connectivity index (χ2v) is 8.32. The molecule has 0 bridgehead atoms. The number of aromatic nitrogens is 1. The molecule has 0 aliphatic heterocycles. The summed E-state index contributed by atoms with van der Waals surface area (Å²) < 4.78 is 21.7. The van der Waals surface area contributed by atoms with Gasteiger partial charge in [-0.2, -0.15) is 0 Å². The summed E-state index contributed by atoms with van der Waals surface area (Å²) in [5, 5.41) is 11.1. The zero-order valence-corrected chi connectivity index (χ0v) is 18.7. The molecule has 0 atom stereocenters. The normalized spacial score (nSPS) is 11.8. The molecule has 7 heteroatoms. The van der Waals surface area contributed by atoms with Crippen molar-refractivity contribution in [2.75, 3.05) is 13.7 Å². The Balaban J connectivity index is 1.96. The second kappa shape index (κ2) is 10.7. The van der Waals surface area contributed by atoms with Crippen molar-refractivity contribution in [2.45, 2.75) is 32.2 Å². The molecule has 154 valence electrons. The van der Waals surface area contributed by atoms with Crippen molar-refractivity contribution in [3.05, 3.63) is 62.9 Å². The van der Waals surface area contributed by atoms with Crippen molar-refractivity contribution in [3.8, 4) is 17.0 Å². The molecular weight excluding hydrogens is 455 g/mol. The van der Waals surface area contributed by atoms with Crippen LogP contribution in [0.2, 0.25) is 0 Å². The van der Waals surface area contributed by atoms with E-state index in [-0.39, 0.29) is 12.4 Å². The first kappa shape index (κ1) is 21.7. The first-order valence-corrected chi connectivity index (χ1v) is 11.2. The number of benzene rings is 2. The minimum Gasteiger partial charge on any atom is -0.496 e. The number of hydrogen-bond donors (Lipinski definition) is 1. The lowest BCUT2D eigenvalue weighted by Crippen LogP contribution is -2.16. The molecule has 0 fully saturated rings. The molecule has 0 spiro atoms. The zero-order valence-electron chi connectivity index (χ0n) is 16.3. The molecule has 0 aliphatic carbocycles. The molecule has 4 nitrogen and oxygen atoms in total. The van der Waals surface area contributed by atoms with Crippen LogP contribution in [0, 0.1) is 5.82 Å². The molecule has 0 saturated carbocycles. The highest BCUT2D eigenvalue weighted by atomic mass is 79.9. The van der Waals surface area contributed by atoms with Gasteiger partial charge in [0.15, 0.2) is 4.80 Å². The lowest BCUT2D eigenvalue weighted by molar-refractivity contribution is 0.282. The number of aliphatic hydroxyl groups excluding tert-OH is 1. The average molecular weight is 479 g/mol. The Morgan fingerprint density at radius 2 is 1.86 bits per heavy atom. The summed E-state index contributed by atoms with van der Waals surface area (Å²) in [4.78, 5) is 5.61. The van der Waals surface area contributed by atoms with E-state index in [1.54, 1.807) is 30.6 Å². The predicted molar refractivity (Wildman–Crippen MR) is 119 cm³/mol. The summed E-state index contributed by atoms with van der Waals surface area (Å²) in [6, 6.07) is 12.2. The third-order valence-corrected chi connectivity index (χ3v) is 6.07. The van der Waals surface area contributed by atoms with Gasteiger partial charge in [-0.15, -0.1) is 11.3 Å². The van der Waals surface area contributed by atoms with Gasteiger partial charge in [-0.25, -0.2) is 9.38 Å². The summed E-state index contributed by atoms with van der Waals surface area (Å²) in [7, 11) is 1.65. The topological polar surface area (TPSA) is 46.8 Å². The van der Waals surface area contributed by atoms with Gasteiger partial charge in [0.1, 0.15) is 11.6 Å². The highest BCUT2D eigenvalue weighted by Crippen LogP contribution is 2.31. The Kier molecular flexibility index (Phi) is 8.03. The molecule has 1 N–H and O–H groups in total. The van der Waals surface area contributed by atoms with E-state index in [1.807, 2.05) is 18.2 Å². The largest absolute Gasteiger partial charge is 0.496 e. The minimum absolute atomic E-state index is 0.238. The summed E-state index contributed by atoms with van der Waals surface area (Å²) >= 11 is 5.13. The van der Waals surface area contributed by atoms with E-state index in [1.165, 1.54) is 12.1 Å². The van der Waals surface area contributed by atoms with E-state index in [0.29, 0.717) is 0 Å². The zero-order chi connectivity index (χ0) is 20.6. The van der Waals surface area contributed by atoms with Crippen LogP contribution in [0.25, 0.3) is 11.3 Å². The van der Waals surface area contributed by atoms with Gasteiger partial charge < -0.3 is 14.4 Å². The highest BCUT2D eigenvalue weighted by Gasteiger charge is 2.11. The lowest BCUT2D eigenvalue weighted by atomic mass is 10.1. The number of thiazole rings is 1. The van der Waals surface area contributed by atoms with Crippen molar-refractivity contribution in [1.29, 1.82) is 0 Å². The number of aliphatic hydroxyl groups is 1. The van der Waals surface area contributed by atoms with E-state index >= 15 is 0 Å². The molecule has 2 aromatic carbocycles. The quantitative estimate of drug-likeness (QED) is 0.388. The van der Waals surface area contributed by atoms with Crippen LogP contribution in [0.3, 0.4) is 0 Å². The third-order valence-electron chi connectivity index (χ3n) is 4.59. The highest BCUT2D eigenvalue weighted by molar-refractivity contribution is 9.10. The fourth-order valence-corrected chi connectivity index (χ4v) is 4.55. The Bertz CT molecular complexity index is 999. The summed E-state index contributed by atoms with van der Waals surface area (Å²) in [6.07, 6.45) is 3.89. The molecule has 1 heterocycles. The summed E-state index contributed by atoms with van der Waals surface area (Å²) in [5.74, 6) is 0.520. The number of unbranched alkanes of at least 4 members (excludes halogenated alkanes) is 3. The molecule has 0 unspecified atom stereocenters. The Morgan fingerprint density at radius 1 is 1.10 bits per heavy atom. The fraction of sp³-hybridized carbons (Fsp3) is 0.318. The van der Waals surface area contributed by atoms with Crippen LogP contribution < -0.4 is 9.54 Å². The SMILES string of the molecule is COc1ccc(-c2csc(=Nc3ccc(F)cc3)n2CCCCCCO)cc1Br. The van der Waals surface area contributed by atoms with Gasteiger partial charge in [0.05, 0.1) is 23.0 Å². The average Bonchev–Trinajstić information content (AvgIpc) is 3.12. The van der Waals surface area contributed by atoms with Crippen LogP contribution in [-0.2, 0) is 6.54 Å². The van der Waals surface area contributed by atoms with Crippen molar-refractivity contribution in [3.63, 3.8) is 0 Å². The fourth-order valence-electron chi connectivity index (χ4n) is 3.05. The molecule has 3 rings (SSSR count). The van der Waals surface area contributed by atoms with E-state index < -0.39 is 0 Å². The molecule has 1 aromatic heterocycles. The first-order chi connectivity index (χ1) is 14.1. The second-order valence-electron chi connectivity index (χ2n) is 6.63. The van der Waals surface area contributed by atoms with Crippen LogP contribution in [0.5, 0.6) is 5.75 Å². The van der Waals surface area contributed by atoms with Crippen LogP contribution in [0.1, 0.15) is 25.7 Å². The standard InChI is InChI=1S/C22H24BrFN2O2S/c1-28-21-11-6-16(14-19(21)23)20-15-29-22(25-18-9-7-17(24)8-10-18)26(20)12-4-2-3-5-13-27/h6-11,14-15,27H,2-5,12-13H2,1H3. The number of halogens is 2. The van der Waals surface area contributed by atoms with Crippen LogP contribution in [0.4, 0.5) is 10.1 Å². The number of ether oxygens (including phenoxy) is 1. The lowest BCUT2D eigenvalue weighted by Gasteiger charge is -2.11. The first-order valence-electron chi connectivity index (χ1n) is 9.56. The third kappa shape index (κ3) is 5.78. The van der Waals surface area contributed by atoms with Gasteiger partial charge in [0.25, 0.3) is 0 Å². The molecule has 29 heavy (non-hydrogen) atoms. The number of methoxy groups -OCH3 is 1. The van der Waals surface area contributed by atoms with Crippen LogP contribution in [0.15, 0.2) is 57.3 Å². The van der Waals surface area contributed by atoms with Crippen molar-refractivity contribution in [2.24, 2.45) is 4.99 Å². The molecular formula is C22H24BrFN2O2S. The van der Waals surface area contributed by atoms with E-state index in [9.17, 15) is 4.39 Å². The van der Waals surface area contributed by atoms with Crippen LogP contribution in [-0.4, -0.2) is 23.4 Å². The monoisotopic (exact) mass is 478 g/mol.